The minimum atomic E-state index is -0.0458. The van der Waals surface area contributed by atoms with Crippen molar-refractivity contribution in [2.45, 2.75) is 0 Å². The second-order valence-corrected chi connectivity index (χ2v) is 6.14. The first-order valence-electron chi connectivity index (χ1n) is 7.80. The van der Waals surface area contributed by atoms with Gasteiger partial charge in [0.1, 0.15) is 17.2 Å². The molecule has 0 atom stereocenters. The second kappa shape index (κ2) is 6.13. The maximum Gasteiger partial charge on any atom is 0.274 e. The van der Waals surface area contributed by atoms with Crippen molar-refractivity contribution in [1.82, 2.24) is 19.3 Å². The number of fused-ring (bicyclic) bond motifs is 1. The molecule has 3 aromatic rings. The molecular weight excluding hydrogens is 326 g/mol. The molecule has 24 heavy (non-hydrogen) atoms. The Kier molecular flexibility index (Phi) is 3.82. The van der Waals surface area contributed by atoms with Crippen LogP contribution in [0.1, 0.15) is 10.5 Å². The molecule has 4 rings (SSSR count). The van der Waals surface area contributed by atoms with Gasteiger partial charge < -0.3 is 14.2 Å². The maximum atomic E-state index is 12.7. The van der Waals surface area contributed by atoms with Gasteiger partial charge in [0.15, 0.2) is 0 Å². The summed E-state index contributed by atoms with van der Waals surface area (Å²) in [4.78, 5) is 25.5. The zero-order valence-corrected chi connectivity index (χ0v) is 13.7. The third kappa shape index (κ3) is 2.80. The number of hydrogen-bond donors (Lipinski definition) is 0. The number of amides is 1. The van der Waals surface area contributed by atoms with Crippen LogP contribution in [0.4, 0.5) is 5.82 Å². The number of halogens is 1. The van der Waals surface area contributed by atoms with Crippen molar-refractivity contribution in [3.8, 4) is 0 Å². The Balaban J connectivity index is 1.47. The third-order valence-electron chi connectivity index (χ3n) is 4.17. The molecule has 0 N–H and O–H groups in total. The van der Waals surface area contributed by atoms with Gasteiger partial charge in [0.05, 0.1) is 5.02 Å². The van der Waals surface area contributed by atoms with Crippen LogP contribution in [0.25, 0.3) is 5.65 Å². The molecule has 122 valence electrons. The number of piperazine rings is 1. The van der Waals surface area contributed by atoms with Crippen LogP contribution in [-0.2, 0) is 0 Å². The highest BCUT2D eigenvalue weighted by Gasteiger charge is 2.24. The molecule has 0 spiro atoms. The summed E-state index contributed by atoms with van der Waals surface area (Å²) in [6.45, 7) is 2.85. The summed E-state index contributed by atoms with van der Waals surface area (Å²) in [6, 6.07) is 9.44. The Morgan fingerprint density at radius 3 is 2.62 bits per heavy atom. The number of pyridine rings is 2. The first kappa shape index (κ1) is 15.0. The average Bonchev–Trinajstić information content (AvgIpc) is 3.05. The summed E-state index contributed by atoms with van der Waals surface area (Å²) < 4.78 is 1.78. The molecule has 0 saturated carbocycles. The number of anilines is 1. The van der Waals surface area contributed by atoms with Crippen molar-refractivity contribution in [3.05, 3.63) is 59.6 Å². The molecule has 0 radical (unpaired) electrons. The lowest BCUT2D eigenvalue weighted by Gasteiger charge is -2.35. The Morgan fingerprint density at radius 2 is 1.88 bits per heavy atom. The van der Waals surface area contributed by atoms with E-state index in [4.69, 9.17) is 11.6 Å². The van der Waals surface area contributed by atoms with Gasteiger partial charge in [-0.25, -0.2) is 9.97 Å². The fourth-order valence-electron chi connectivity index (χ4n) is 2.91. The molecular formula is C17H16ClN5O. The highest BCUT2D eigenvalue weighted by Crippen LogP contribution is 2.16. The lowest BCUT2D eigenvalue weighted by atomic mass is 10.2. The van der Waals surface area contributed by atoms with Gasteiger partial charge in [-0.05, 0) is 24.3 Å². The van der Waals surface area contributed by atoms with Crippen LogP contribution in [0, 0.1) is 0 Å². The zero-order chi connectivity index (χ0) is 16.5. The van der Waals surface area contributed by atoms with Gasteiger partial charge in [-0.1, -0.05) is 17.7 Å². The van der Waals surface area contributed by atoms with E-state index in [9.17, 15) is 4.79 Å². The van der Waals surface area contributed by atoms with Crippen molar-refractivity contribution >= 4 is 29.0 Å². The predicted octanol–water partition coefficient (Wildman–Crippen LogP) is 2.35. The molecule has 1 amide bonds. The second-order valence-electron chi connectivity index (χ2n) is 5.71. The van der Waals surface area contributed by atoms with Gasteiger partial charge in [-0.2, -0.15) is 0 Å². The van der Waals surface area contributed by atoms with E-state index in [1.807, 2.05) is 23.1 Å². The van der Waals surface area contributed by atoms with Crippen LogP contribution >= 0.6 is 11.6 Å². The molecule has 1 aliphatic rings. The van der Waals surface area contributed by atoms with Crippen LogP contribution < -0.4 is 4.90 Å². The van der Waals surface area contributed by atoms with E-state index in [0.29, 0.717) is 23.8 Å². The first-order valence-corrected chi connectivity index (χ1v) is 8.18. The van der Waals surface area contributed by atoms with Gasteiger partial charge in [0.2, 0.25) is 0 Å². The lowest BCUT2D eigenvalue weighted by Crippen LogP contribution is -2.49. The molecule has 0 aromatic carbocycles. The molecule has 0 unspecified atom stereocenters. The molecule has 0 aliphatic carbocycles. The third-order valence-corrected chi connectivity index (χ3v) is 4.40. The minimum Gasteiger partial charge on any atom is -0.353 e. The molecule has 3 aromatic heterocycles. The summed E-state index contributed by atoms with van der Waals surface area (Å²) >= 11 is 5.98. The Morgan fingerprint density at radius 1 is 1.04 bits per heavy atom. The topological polar surface area (TPSA) is 53.7 Å². The number of carbonyl (C=O) groups excluding carboxylic acids is 1. The standard InChI is InChI=1S/C17H16ClN5O/c18-13-4-5-16-20-14(12-23(16)11-13)17(24)22-9-7-21(8-10-22)15-3-1-2-6-19-15/h1-6,11-12H,7-10H2. The predicted molar refractivity (Wildman–Crippen MR) is 92.6 cm³/mol. The molecule has 4 heterocycles. The Bertz CT molecular complexity index is 871. The van der Waals surface area contributed by atoms with Gasteiger partial charge >= 0.3 is 0 Å². The summed E-state index contributed by atoms with van der Waals surface area (Å²) in [5, 5.41) is 0.614. The monoisotopic (exact) mass is 341 g/mol. The minimum absolute atomic E-state index is 0.0458. The SMILES string of the molecule is O=C(c1cn2cc(Cl)ccc2n1)N1CCN(c2ccccn2)CC1. The molecule has 1 saturated heterocycles. The number of carbonyl (C=O) groups is 1. The Labute approximate surface area is 144 Å². The van der Waals surface area contributed by atoms with Crippen LogP contribution in [0.2, 0.25) is 5.02 Å². The van der Waals surface area contributed by atoms with Gasteiger partial charge in [-0.3, -0.25) is 4.79 Å². The van der Waals surface area contributed by atoms with Crippen molar-refractivity contribution in [2.24, 2.45) is 0 Å². The van der Waals surface area contributed by atoms with Crippen molar-refractivity contribution in [2.75, 3.05) is 31.1 Å². The van der Waals surface area contributed by atoms with E-state index in [2.05, 4.69) is 14.9 Å². The molecule has 1 fully saturated rings. The zero-order valence-electron chi connectivity index (χ0n) is 13.0. The highest BCUT2D eigenvalue weighted by atomic mass is 35.5. The fraction of sp³-hybridized carbons (Fsp3) is 0.235. The van der Waals surface area contributed by atoms with Crippen molar-refractivity contribution in [3.63, 3.8) is 0 Å². The van der Waals surface area contributed by atoms with E-state index >= 15 is 0 Å². The van der Waals surface area contributed by atoms with Crippen molar-refractivity contribution in [1.29, 1.82) is 0 Å². The normalized spacial score (nSPS) is 15.0. The smallest absolute Gasteiger partial charge is 0.274 e. The molecule has 6 nitrogen and oxygen atoms in total. The summed E-state index contributed by atoms with van der Waals surface area (Å²) in [5.74, 6) is 0.905. The largest absolute Gasteiger partial charge is 0.353 e. The van der Waals surface area contributed by atoms with E-state index in [1.165, 1.54) is 0 Å². The number of hydrogen-bond acceptors (Lipinski definition) is 4. The van der Waals surface area contributed by atoms with E-state index in [-0.39, 0.29) is 5.91 Å². The Hall–Kier alpha value is -2.60. The number of aromatic nitrogens is 3. The van der Waals surface area contributed by atoms with Gasteiger partial charge in [0.25, 0.3) is 5.91 Å². The first-order chi connectivity index (χ1) is 11.7. The van der Waals surface area contributed by atoms with Crippen LogP contribution in [0.15, 0.2) is 48.9 Å². The number of imidazole rings is 1. The van der Waals surface area contributed by atoms with Gasteiger partial charge in [-0.15, -0.1) is 0 Å². The fourth-order valence-corrected chi connectivity index (χ4v) is 3.08. The highest BCUT2D eigenvalue weighted by molar-refractivity contribution is 6.30. The van der Waals surface area contributed by atoms with E-state index < -0.39 is 0 Å². The maximum absolute atomic E-state index is 12.7. The van der Waals surface area contributed by atoms with Crippen LogP contribution in [0.3, 0.4) is 0 Å². The average molecular weight is 342 g/mol. The van der Waals surface area contributed by atoms with E-state index in [0.717, 1.165) is 24.6 Å². The quantitative estimate of drug-likeness (QED) is 0.718. The summed E-state index contributed by atoms with van der Waals surface area (Å²) in [7, 11) is 0. The molecule has 7 heteroatoms. The van der Waals surface area contributed by atoms with Crippen LogP contribution in [-0.4, -0.2) is 51.4 Å². The number of nitrogens with zero attached hydrogens (tertiary/aromatic N) is 5. The lowest BCUT2D eigenvalue weighted by molar-refractivity contribution is 0.0741. The van der Waals surface area contributed by atoms with Crippen molar-refractivity contribution < 1.29 is 4.79 Å². The molecule has 1 aliphatic heterocycles. The number of rotatable bonds is 2. The van der Waals surface area contributed by atoms with E-state index in [1.54, 1.807) is 35.1 Å². The molecule has 0 bridgehead atoms. The summed E-state index contributed by atoms with van der Waals surface area (Å²) in [6.07, 6.45) is 5.27. The van der Waals surface area contributed by atoms with Crippen LogP contribution in [0.5, 0.6) is 0 Å². The van der Waals surface area contributed by atoms with Gasteiger partial charge in [0, 0.05) is 44.8 Å². The summed E-state index contributed by atoms with van der Waals surface area (Å²) in [5.41, 5.74) is 1.17.